The van der Waals surface area contributed by atoms with Gasteiger partial charge >= 0.3 is 0 Å². The lowest BCUT2D eigenvalue weighted by Crippen LogP contribution is -2.15. The van der Waals surface area contributed by atoms with Crippen molar-refractivity contribution in [2.24, 2.45) is 5.92 Å². The van der Waals surface area contributed by atoms with Crippen molar-refractivity contribution in [2.45, 2.75) is 58.8 Å². The van der Waals surface area contributed by atoms with Crippen molar-refractivity contribution in [3.8, 4) is 0 Å². The highest BCUT2D eigenvalue weighted by Crippen LogP contribution is 2.26. The van der Waals surface area contributed by atoms with Gasteiger partial charge in [-0.15, -0.1) is 0 Å². The molecule has 0 radical (unpaired) electrons. The maximum absolute atomic E-state index is 11.6. The van der Waals surface area contributed by atoms with E-state index < -0.39 is 0 Å². The maximum Gasteiger partial charge on any atom is 0.224 e. The van der Waals surface area contributed by atoms with Crippen LogP contribution < -0.4 is 10.6 Å². The highest BCUT2D eigenvalue weighted by molar-refractivity contribution is 5.92. The molecule has 0 bridgehead atoms. The van der Waals surface area contributed by atoms with Crippen molar-refractivity contribution in [3.05, 3.63) is 23.8 Å². The van der Waals surface area contributed by atoms with E-state index in [9.17, 15) is 4.79 Å². The monoisotopic (exact) mass is 288 g/mol. The first-order chi connectivity index (χ1) is 10.2. The van der Waals surface area contributed by atoms with E-state index in [0.717, 1.165) is 29.4 Å². The van der Waals surface area contributed by atoms with E-state index in [-0.39, 0.29) is 5.91 Å². The average Bonchev–Trinajstić information content (AvgIpc) is 2.76. The van der Waals surface area contributed by atoms with Gasteiger partial charge in [0.25, 0.3) is 0 Å². The van der Waals surface area contributed by atoms with Gasteiger partial charge < -0.3 is 10.6 Å². The first kappa shape index (κ1) is 15.9. The van der Waals surface area contributed by atoms with Gasteiger partial charge in [0.1, 0.15) is 0 Å². The van der Waals surface area contributed by atoms with Crippen molar-refractivity contribution >= 4 is 17.3 Å². The van der Waals surface area contributed by atoms with Gasteiger partial charge in [0.05, 0.1) is 0 Å². The summed E-state index contributed by atoms with van der Waals surface area (Å²) in [5.74, 6) is 0.861. The van der Waals surface area contributed by atoms with E-state index in [1.807, 2.05) is 19.1 Å². The molecule has 0 saturated heterocycles. The van der Waals surface area contributed by atoms with E-state index in [1.165, 1.54) is 38.5 Å². The molecule has 0 aliphatic heterocycles. The smallest absolute Gasteiger partial charge is 0.224 e. The molecule has 1 amide bonds. The molecular weight excluding hydrogens is 260 g/mol. The molecule has 21 heavy (non-hydrogen) atoms. The third-order valence-corrected chi connectivity index (χ3v) is 4.48. The minimum Gasteiger partial charge on any atom is -0.384 e. The van der Waals surface area contributed by atoms with Crippen LogP contribution >= 0.6 is 0 Å². The fraction of sp³-hybridized carbons (Fsp3) is 0.611. The summed E-state index contributed by atoms with van der Waals surface area (Å²) in [7, 11) is 0. The number of carbonyl (C=O) groups excluding carboxylic acids is 1. The number of benzene rings is 1. The number of anilines is 2. The Labute approximate surface area is 128 Å². The molecule has 1 aliphatic carbocycles. The standard InChI is InChI=1S/C18H28N2O/c1-3-18(21)20-17-12-8-11-16(14(17)2)19-13-15-9-6-4-5-7-10-15/h8,11-12,15,19H,3-7,9-10,13H2,1-2H3,(H,20,21). The Balaban J connectivity index is 1.96. The minimum absolute atomic E-state index is 0.0685. The molecule has 1 aromatic carbocycles. The molecule has 3 heteroatoms. The molecule has 0 spiro atoms. The van der Waals surface area contributed by atoms with Crippen molar-refractivity contribution in [2.75, 3.05) is 17.2 Å². The third kappa shape index (κ3) is 4.76. The Morgan fingerprint density at radius 3 is 2.48 bits per heavy atom. The average molecular weight is 288 g/mol. The van der Waals surface area contributed by atoms with Crippen LogP contribution in [-0.4, -0.2) is 12.5 Å². The number of hydrogen-bond donors (Lipinski definition) is 2. The fourth-order valence-electron chi connectivity index (χ4n) is 3.02. The fourth-order valence-corrected chi connectivity index (χ4v) is 3.02. The summed E-state index contributed by atoms with van der Waals surface area (Å²) in [6, 6.07) is 6.08. The van der Waals surface area contributed by atoms with Gasteiger partial charge in [-0.3, -0.25) is 4.79 Å². The highest BCUT2D eigenvalue weighted by atomic mass is 16.1. The maximum atomic E-state index is 11.6. The quantitative estimate of drug-likeness (QED) is 0.769. The zero-order chi connectivity index (χ0) is 15.1. The molecule has 1 aromatic rings. The first-order valence-corrected chi connectivity index (χ1v) is 8.34. The second kappa shape index (κ2) is 8.06. The number of carbonyl (C=O) groups is 1. The van der Waals surface area contributed by atoms with E-state index in [1.54, 1.807) is 0 Å². The SMILES string of the molecule is CCC(=O)Nc1cccc(NCC2CCCCCC2)c1C. The lowest BCUT2D eigenvalue weighted by molar-refractivity contribution is -0.115. The Morgan fingerprint density at radius 2 is 1.81 bits per heavy atom. The summed E-state index contributed by atoms with van der Waals surface area (Å²) >= 11 is 0. The van der Waals surface area contributed by atoms with Crippen molar-refractivity contribution in [3.63, 3.8) is 0 Å². The Hall–Kier alpha value is -1.51. The van der Waals surface area contributed by atoms with Crippen LogP contribution in [0.4, 0.5) is 11.4 Å². The van der Waals surface area contributed by atoms with Crippen LogP contribution in [0, 0.1) is 12.8 Å². The summed E-state index contributed by atoms with van der Waals surface area (Å²) < 4.78 is 0. The van der Waals surface area contributed by atoms with Gasteiger partial charge in [-0.2, -0.15) is 0 Å². The van der Waals surface area contributed by atoms with Crippen molar-refractivity contribution in [1.82, 2.24) is 0 Å². The summed E-state index contributed by atoms with van der Waals surface area (Å²) in [6.45, 7) is 4.99. The van der Waals surface area contributed by atoms with Crippen LogP contribution in [0.1, 0.15) is 57.4 Å². The van der Waals surface area contributed by atoms with Crippen LogP contribution in [0.25, 0.3) is 0 Å². The van der Waals surface area contributed by atoms with E-state index in [4.69, 9.17) is 0 Å². The van der Waals surface area contributed by atoms with Gasteiger partial charge in [-0.25, -0.2) is 0 Å². The Bertz CT molecular complexity index is 462. The topological polar surface area (TPSA) is 41.1 Å². The summed E-state index contributed by atoms with van der Waals surface area (Å²) in [5, 5.41) is 6.56. The van der Waals surface area contributed by atoms with Gasteiger partial charge in [0.2, 0.25) is 5.91 Å². The number of nitrogens with one attached hydrogen (secondary N) is 2. The lowest BCUT2D eigenvalue weighted by Gasteiger charge is -2.18. The van der Waals surface area contributed by atoms with Gasteiger partial charge in [0, 0.05) is 24.3 Å². The normalized spacial score (nSPS) is 16.3. The zero-order valence-electron chi connectivity index (χ0n) is 13.4. The molecule has 0 aromatic heterocycles. The van der Waals surface area contributed by atoms with E-state index in [0.29, 0.717) is 6.42 Å². The van der Waals surface area contributed by atoms with Gasteiger partial charge in [0.15, 0.2) is 0 Å². The molecule has 0 unspecified atom stereocenters. The van der Waals surface area contributed by atoms with E-state index >= 15 is 0 Å². The summed E-state index contributed by atoms with van der Waals surface area (Å²) in [5.41, 5.74) is 3.20. The largest absolute Gasteiger partial charge is 0.384 e. The van der Waals surface area contributed by atoms with Crippen LogP contribution in [0.15, 0.2) is 18.2 Å². The summed E-state index contributed by atoms with van der Waals surface area (Å²) in [6.07, 6.45) is 8.74. The molecule has 2 rings (SSSR count). The number of rotatable bonds is 5. The predicted octanol–water partition coefficient (Wildman–Crippen LogP) is 4.73. The molecular formula is C18H28N2O. The van der Waals surface area contributed by atoms with Crippen LogP contribution in [0.3, 0.4) is 0 Å². The predicted molar refractivity (Wildman–Crippen MR) is 89.8 cm³/mol. The molecule has 1 aliphatic rings. The highest BCUT2D eigenvalue weighted by Gasteiger charge is 2.13. The van der Waals surface area contributed by atoms with Crippen molar-refractivity contribution < 1.29 is 4.79 Å². The minimum atomic E-state index is 0.0685. The second-order valence-corrected chi connectivity index (χ2v) is 6.12. The Kier molecular flexibility index (Phi) is 6.09. The van der Waals surface area contributed by atoms with Crippen LogP contribution in [0.2, 0.25) is 0 Å². The van der Waals surface area contributed by atoms with Crippen LogP contribution in [0.5, 0.6) is 0 Å². The zero-order valence-corrected chi connectivity index (χ0v) is 13.4. The number of amides is 1. The molecule has 0 heterocycles. The molecule has 116 valence electrons. The third-order valence-electron chi connectivity index (χ3n) is 4.48. The van der Waals surface area contributed by atoms with Gasteiger partial charge in [-0.1, -0.05) is 38.7 Å². The lowest BCUT2D eigenvalue weighted by atomic mass is 10.00. The molecule has 1 saturated carbocycles. The van der Waals surface area contributed by atoms with E-state index in [2.05, 4.69) is 23.6 Å². The molecule has 0 atom stereocenters. The first-order valence-electron chi connectivity index (χ1n) is 8.34. The summed E-state index contributed by atoms with van der Waals surface area (Å²) in [4.78, 5) is 11.6. The Morgan fingerprint density at radius 1 is 1.14 bits per heavy atom. The second-order valence-electron chi connectivity index (χ2n) is 6.12. The molecule has 1 fully saturated rings. The van der Waals surface area contributed by atoms with Crippen LogP contribution in [-0.2, 0) is 4.79 Å². The molecule has 3 nitrogen and oxygen atoms in total. The van der Waals surface area contributed by atoms with Crippen molar-refractivity contribution in [1.29, 1.82) is 0 Å². The molecule has 2 N–H and O–H groups in total. The van der Waals surface area contributed by atoms with Gasteiger partial charge in [-0.05, 0) is 43.4 Å². The number of hydrogen-bond acceptors (Lipinski definition) is 2.